The van der Waals surface area contributed by atoms with E-state index in [2.05, 4.69) is 29.0 Å². The van der Waals surface area contributed by atoms with E-state index in [0.717, 1.165) is 33.8 Å². The zero-order valence-electron chi connectivity index (χ0n) is 19.1. The molecule has 0 bridgehead atoms. The maximum Gasteiger partial charge on any atom is 0.165 e. The lowest BCUT2D eigenvalue weighted by Gasteiger charge is -2.11. The van der Waals surface area contributed by atoms with E-state index in [0.29, 0.717) is 17.4 Å². The van der Waals surface area contributed by atoms with Gasteiger partial charge in [0, 0.05) is 11.9 Å². The van der Waals surface area contributed by atoms with E-state index >= 15 is 0 Å². The smallest absolute Gasteiger partial charge is 0.165 e. The number of rotatable bonds is 4. The Kier molecular flexibility index (Phi) is 6.31. The van der Waals surface area contributed by atoms with E-state index < -0.39 is 0 Å². The van der Waals surface area contributed by atoms with Gasteiger partial charge in [0.05, 0.1) is 30.3 Å². The molecule has 5 rings (SSSR count). The SMILES string of the molecule is CC.COc1ccc(-c2ccc3nc(-c4cccnc4N)n(-c4ccc(C)cc4)c3n2)nc1. The van der Waals surface area contributed by atoms with Crippen LogP contribution in [0.5, 0.6) is 5.75 Å². The van der Waals surface area contributed by atoms with Crippen LogP contribution in [0.3, 0.4) is 0 Å². The molecule has 1 aromatic carbocycles. The molecule has 0 aliphatic rings. The number of hydrogen-bond acceptors (Lipinski definition) is 6. The highest BCUT2D eigenvalue weighted by atomic mass is 16.5. The van der Waals surface area contributed by atoms with Gasteiger partial charge in [0.2, 0.25) is 0 Å². The fourth-order valence-electron chi connectivity index (χ4n) is 3.48. The predicted octanol–water partition coefficient (Wildman–Crippen LogP) is 5.47. The molecule has 0 fully saturated rings. The highest BCUT2D eigenvalue weighted by Gasteiger charge is 2.18. The summed E-state index contributed by atoms with van der Waals surface area (Å²) < 4.78 is 7.22. The van der Waals surface area contributed by atoms with E-state index in [4.69, 9.17) is 20.4 Å². The monoisotopic (exact) mass is 438 g/mol. The Labute approximate surface area is 193 Å². The predicted molar refractivity (Wildman–Crippen MR) is 132 cm³/mol. The van der Waals surface area contributed by atoms with Crippen LogP contribution in [0.2, 0.25) is 0 Å². The van der Waals surface area contributed by atoms with Gasteiger partial charge in [-0.05, 0) is 55.5 Å². The summed E-state index contributed by atoms with van der Waals surface area (Å²) in [5.41, 5.74) is 12.0. The lowest BCUT2D eigenvalue weighted by molar-refractivity contribution is 0.413. The van der Waals surface area contributed by atoms with Crippen LogP contribution in [-0.2, 0) is 0 Å². The lowest BCUT2D eigenvalue weighted by atomic mass is 10.2. The molecule has 0 atom stereocenters. The summed E-state index contributed by atoms with van der Waals surface area (Å²) in [6.07, 6.45) is 3.35. The first-order valence-electron chi connectivity index (χ1n) is 10.8. The number of methoxy groups -OCH3 is 1. The Bertz CT molecular complexity index is 1370. The molecule has 2 N–H and O–H groups in total. The van der Waals surface area contributed by atoms with Crippen LogP contribution in [-0.4, -0.2) is 31.6 Å². The molecule has 33 heavy (non-hydrogen) atoms. The lowest BCUT2D eigenvalue weighted by Crippen LogP contribution is -2.02. The van der Waals surface area contributed by atoms with Crippen LogP contribution < -0.4 is 10.5 Å². The molecule has 0 spiro atoms. The van der Waals surface area contributed by atoms with E-state index in [1.165, 1.54) is 5.56 Å². The fourth-order valence-corrected chi connectivity index (χ4v) is 3.48. The number of imidazole rings is 1. The van der Waals surface area contributed by atoms with Crippen molar-refractivity contribution in [2.75, 3.05) is 12.8 Å². The van der Waals surface area contributed by atoms with Crippen molar-refractivity contribution in [2.24, 2.45) is 0 Å². The Morgan fingerprint density at radius 2 is 1.61 bits per heavy atom. The minimum atomic E-state index is 0.420. The zero-order chi connectivity index (χ0) is 23.4. The number of nitrogens with zero attached hydrogens (tertiary/aromatic N) is 5. The number of hydrogen-bond donors (Lipinski definition) is 1. The molecule has 5 aromatic rings. The van der Waals surface area contributed by atoms with Gasteiger partial charge in [-0.25, -0.2) is 15.0 Å². The van der Waals surface area contributed by atoms with Gasteiger partial charge in [-0.15, -0.1) is 0 Å². The van der Waals surface area contributed by atoms with Gasteiger partial charge >= 0.3 is 0 Å². The average molecular weight is 439 g/mol. The van der Waals surface area contributed by atoms with E-state index in [1.807, 2.05) is 66.9 Å². The number of fused-ring (bicyclic) bond motifs is 1. The highest BCUT2D eigenvalue weighted by Crippen LogP contribution is 2.31. The molecule has 0 saturated carbocycles. The molecule has 4 heterocycles. The zero-order valence-corrected chi connectivity index (χ0v) is 19.1. The Morgan fingerprint density at radius 3 is 2.27 bits per heavy atom. The minimum Gasteiger partial charge on any atom is -0.495 e. The second-order valence-corrected chi connectivity index (χ2v) is 7.17. The molecule has 166 valence electrons. The number of nitrogen functional groups attached to an aromatic ring is 1. The van der Waals surface area contributed by atoms with Gasteiger partial charge in [0.15, 0.2) is 11.5 Å². The maximum absolute atomic E-state index is 6.19. The van der Waals surface area contributed by atoms with Gasteiger partial charge < -0.3 is 10.5 Å². The number of aromatic nitrogens is 5. The molecule has 4 aromatic heterocycles. The molecular weight excluding hydrogens is 412 g/mol. The Balaban J connectivity index is 0.00000126. The normalized spacial score (nSPS) is 10.5. The summed E-state index contributed by atoms with van der Waals surface area (Å²) in [7, 11) is 1.62. The van der Waals surface area contributed by atoms with Crippen LogP contribution in [0.25, 0.3) is 39.6 Å². The highest BCUT2D eigenvalue weighted by molar-refractivity contribution is 5.84. The van der Waals surface area contributed by atoms with Crippen molar-refractivity contribution < 1.29 is 4.74 Å². The standard InChI is InChI=1S/C24H20N6O.C2H6/c1-15-5-7-16(8-6-15)30-23(18-4-3-13-26-22(18)25)29-21-12-11-20(28-24(21)30)19-10-9-17(31-2)14-27-19;1-2/h3-14H,1-2H3,(H2,25,26);1-2H3. The molecule has 7 nitrogen and oxygen atoms in total. The van der Waals surface area contributed by atoms with E-state index in [9.17, 15) is 0 Å². The van der Waals surface area contributed by atoms with Crippen molar-refractivity contribution in [1.29, 1.82) is 0 Å². The van der Waals surface area contributed by atoms with Crippen molar-refractivity contribution in [3.05, 3.63) is 78.6 Å². The van der Waals surface area contributed by atoms with E-state index in [1.54, 1.807) is 19.5 Å². The minimum absolute atomic E-state index is 0.420. The van der Waals surface area contributed by atoms with Crippen molar-refractivity contribution in [2.45, 2.75) is 20.8 Å². The average Bonchev–Trinajstić information content (AvgIpc) is 3.24. The number of aryl methyl sites for hydroxylation is 1. The van der Waals surface area contributed by atoms with Crippen molar-refractivity contribution in [3.63, 3.8) is 0 Å². The summed E-state index contributed by atoms with van der Waals surface area (Å²) in [5, 5.41) is 0. The first-order chi connectivity index (χ1) is 16.1. The molecule has 7 heteroatoms. The third kappa shape index (κ3) is 4.25. The number of nitrogens with two attached hydrogens (primary N) is 1. The van der Waals surface area contributed by atoms with Gasteiger partial charge in [-0.2, -0.15) is 0 Å². The number of anilines is 1. The first-order valence-corrected chi connectivity index (χ1v) is 10.8. The Morgan fingerprint density at radius 1 is 0.848 bits per heavy atom. The summed E-state index contributed by atoms with van der Waals surface area (Å²) in [6.45, 7) is 6.06. The van der Waals surface area contributed by atoms with E-state index in [-0.39, 0.29) is 0 Å². The van der Waals surface area contributed by atoms with Crippen molar-refractivity contribution in [3.8, 4) is 34.2 Å². The van der Waals surface area contributed by atoms with Crippen molar-refractivity contribution >= 4 is 17.0 Å². The third-order valence-corrected chi connectivity index (χ3v) is 5.11. The van der Waals surface area contributed by atoms with Crippen LogP contribution in [0.1, 0.15) is 19.4 Å². The summed E-state index contributed by atoms with van der Waals surface area (Å²) in [5.74, 6) is 1.81. The molecule has 0 radical (unpaired) electrons. The number of benzene rings is 1. The van der Waals surface area contributed by atoms with Gasteiger partial charge in [0.25, 0.3) is 0 Å². The molecule has 0 amide bonds. The summed E-state index contributed by atoms with van der Waals surface area (Å²) in [6, 6.07) is 19.6. The van der Waals surface area contributed by atoms with Crippen LogP contribution >= 0.6 is 0 Å². The van der Waals surface area contributed by atoms with Gasteiger partial charge in [0.1, 0.15) is 17.1 Å². The topological polar surface area (TPSA) is 91.7 Å². The number of ether oxygens (including phenoxy) is 1. The molecule has 0 aliphatic heterocycles. The Hall–Kier alpha value is -4.26. The van der Waals surface area contributed by atoms with Gasteiger partial charge in [-0.3, -0.25) is 9.55 Å². The van der Waals surface area contributed by atoms with Crippen molar-refractivity contribution in [1.82, 2.24) is 24.5 Å². The van der Waals surface area contributed by atoms with Crippen LogP contribution in [0.4, 0.5) is 5.82 Å². The quantitative estimate of drug-likeness (QED) is 0.400. The first kappa shape index (κ1) is 22.0. The van der Waals surface area contributed by atoms with Gasteiger partial charge in [-0.1, -0.05) is 31.5 Å². The second kappa shape index (κ2) is 9.48. The third-order valence-electron chi connectivity index (χ3n) is 5.11. The maximum atomic E-state index is 6.19. The molecule has 0 unspecified atom stereocenters. The second-order valence-electron chi connectivity index (χ2n) is 7.17. The molecular formula is C26H26N6O. The molecule has 0 aliphatic carbocycles. The van der Waals surface area contributed by atoms with Crippen LogP contribution in [0.15, 0.2) is 73.1 Å². The summed E-state index contributed by atoms with van der Waals surface area (Å²) in [4.78, 5) is 18.5. The van der Waals surface area contributed by atoms with Crippen LogP contribution in [0, 0.1) is 6.92 Å². The number of pyridine rings is 3. The molecule has 0 saturated heterocycles. The fraction of sp³-hybridized carbons (Fsp3) is 0.154. The largest absolute Gasteiger partial charge is 0.495 e. The summed E-state index contributed by atoms with van der Waals surface area (Å²) >= 11 is 0.